The van der Waals surface area contributed by atoms with Gasteiger partial charge in [-0.15, -0.1) is 0 Å². The number of benzene rings is 1. The lowest BCUT2D eigenvalue weighted by Gasteiger charge is -2.07. The van der Waals surface area contributed by atoms with Crippen LogP contribution >= 0.6 is 23.2 Å². The molecular weight excluding hydrogens is 271 g/mol. The highest BCUT2D eigenvalue weighted by molar-refractivity contribution is 6.35. The van der Waals surface area contributed by atoms with Gasteiger partial charge in [0.15, 0.2) is 0 Å². The van der Waals surface area contributed by atoms with Gasteiger partial charge in [0, 0.05) is 27.6 Å². The third kappa shape index (κ3) is 2.57. The molecule has 2 rings (SSSR count). The fourth-order valence-electron chi connectivity index (χ4n) is 1.72. The fourth-order valence-corrected chi connectivity index (χ4v) is 2.24. The molecule has 1 aromatic heterocycles. The monoisotopic (exact) mass is 282 g/mol. The lowest BCUT2D eigenvalue weighted by Crippen LogP contribution is -2.15. The Morgan fingerprint density at radius 3 is 2.39 bits per heavy atom. The van der Waals surface area contributed by atoms with Gasteiger partial charge in [0.05, 0.1) is 5.69 Å². The minimum Gasteiger partial charge on any atom is -0.310 e. The second-order valence-electron chi connectivity index (χ2n) is 4.00. The first-order chi connectivity index (χ1) is 8.51. The molecule has 1 N–H and O–H groups in total. The standard InChI is InChI=1S/C13H12Cl2N2O/c1-3-11-16-12(7(2)13(18)17-11)8-4-9(14)6-10(15)5-8/h4-6H,3H2,1-2H3,(H,16,17,18). The molecule has 0 aliphatic carbocycles. The van der Waals surface area contributed by atoms with Crippen LogP contribution < -0.4 is 5.56 Å². The van der Waals surface area contributed by atoms with Crippen LogP contribution in [0.15, 0.2) is 23.0 Å². The van der Waals surface area contributed by atoms with Gasteiger partial charge < -0.3 is 4.98 Å². The lowest BCUT2D eigenvalue weighted by atomic mass is 10.1. The number of aromatic nitrogens is 2. The zero-order valence-corrected chi connectivity index (χ0v) is 11.6. The Morgan fingerprint density at radius 2 is 1.83 bits per heavy atom. The van der Waals surface area contributed by atoms with Gasteiger partial charge in [-0.1, -0.05) is 30.1 Å². The van der Waals surface area contributed by atoms with Crippen molar-refractivity contribution in [2.75, 3.05) is 0 Å². The maximum atomic E-state index is 11.8. The number of nitrogens with zero attached hydrogens (tertiary/aromatic N) is 1. The maximum absolute atomic E-state index is 11.8. The molecule has 0 bridgehead atoms. The van der Waals surface area contributed by atoms with E-state index in [1.807, 2.05) is 6.92 Å². The van der Waals surface area contributed by atoms with Crippen LogP contribution in [-0.4, -0.2) is 9.97 Å². The first-order valence-electron chi connectivity index (χ1n) is 5.57. The van der Waals surface area contributed by atoms with E-state index in [-0.39, 0.29) is 5.56 Å². The Bertz CT molecular complexity index is 630. The number of H-pyrrole nitrogens is 1. The lowest BCUT2D eigenvalue weighted by molar-refractivity contribution is 0.912. The second kappa shape index (κ2) is 5.12. The van der Waals surface area contributed by atoms with Gasteiger partial charge in [-0.25, -0.2) is 4.98 Å². The van der Waals surface area contributed by atoms with E-state index in [1.54, 1.807) is 25.1 Å². The molecule has 1 aromatic carbocycles. The summed E-state index contributed by atoms with van der Waals surface area (Å²) in [6.07, 6.45) is 0.664. The molecule has 0 atom stereocenters. The Morgan fingerprint density at radius 1 is 1.22 bits per heavy atom. The van der Waals surface area contributed by atoms with Crippen molar-refractivity contribution in [2.24, 2.45) is 0 Å². The van der Waals surface area contributed by atoms with E-state index in [4.69, 9.17) is 23.2 Å². The van der Waals surface area contributed by atoms with Gasteiger partial charge in [0.1, 0.15) is 5.82 Å². The molecule has 3 nitrogen and oxygen atoms in total. The predicted octanol–water partition coefficient (Wildman–Crippen LogP) is 3.61. The third-order valence-corrected chi connectivity index (χ3v) is 3.11. The number of aromatic amines is 1. The quantitative estimate of drug-likeness (QED) is 0.915. The van der Waals surface area contributed by atoms with Crippen LogP contribution in [-0.2, 0) is 6.42 Å². The average Bonchev–Trinajstić information content (AvgIpc) is 2.31. The molecule has 18 heavy (non-hydrogen) atoms. The molecule has 1 heterocycles. The largest absolute Gasteiger partial charge is 0.310 e. The zero-order valence-electron chi connectivity index (χ0n) is 10.1. The number of hydrogen-bond donors (Lipinski definition) is 1. The van der Waals surface area contributed by atoms with Gasteiger partial charge in [-0.2, -0.15) is 0 Å². The third-order valence-electron chi connectivity index (χ3n) is 2.67. The van der Waals surface area contributed by atoms with Crippen molar-refractivity contribution in [3.05, 3.63) is 50.0 Å². The molecule has 0 saturated carbocycles. The second-order valence-corrected chi connectivity index (χ2v) is 4.87. The molecule has 0 aliphatic rings. The van der Waals surface area contributed by atoms with Gasteiger partial charge in [0.25, 0.3) is 5.56 Å². The van der Waals surface area contributed by atoms with Crippen LogP contribution in [0.1, 0.15) is 18.3 Å². The van der Waals surface area contributed by atoms with Crippen LogP contribution in [0.2, 0.25) is 10.0 Å². The minimum atomic E-state index is -0.132. The molecule has 0 fully saturated rings. The van der Waals surface area contributed by atoms with Gasteiger partial charge in [-0.05, 0) is 25.1 Å². The smallest absolute Gasteiger partial charge is 0.254 e. The first kappa shape index (κ1) is 13.1. The Kier molecular flexibility index (Phi) is 3.73. The average molecular weight is 283 g/mol. The molecule has 0 amide bonds. The van der Waals surface area contributed by atoms with Crippen molar-refractivity contribution in [1.82, 2.24) is 9.97 Å². The summed E-state index contributed by atoms with van der Waals surface area (Å²) in [6.45, 7) is 3.66. The molecule has 0 aliphatic heterocycles. The van der Waals surface area contributed by atoms with Gasteiger partial charge in [0.2, 0.25) is 0 Å². The number of rotatable bonds is 2. The van der Waals surface area contributed by atoms with Crippen molar-refractivity contribution in [3.63, 3.8) is 0 Å². The van der Waals surface area contributed by atoms with Crippen molar-refractivity contribution in [3.8, 4) is 11.3 Å². The topological polar surface area (TPSA) is 45.8 Å². The summed E-state index contributed by atoms with van der Waals surface area (Å²) < 4.78 is 0. The van der Waals surface area contributed by atoms with E-state index >= 15 is 0 Å². The molecule has 0 unspecified atom stereocenters. The van der Waals surface area contributed by atoms with E-state index in [0.717, 1.165) is 5.56 Å². The van der Waals surface area contributed by atoms with Crippen LogP contribution in [0, 0.1) is 6.92 Å². The SMILES string of the molecule is CCc1nc(-c2cc(Cl)cc(Cl)c2)c(C)c(=O)[nH]1. The normalized spacial score (nSPS) is 10.7. The highest BCUT2D eigenvalue weighted by Gasteiger charge is 2.10. The highest BCUT2D eigenvalue weighted by atomic mass is 35.5. The molecular formula is C13H12Cl2N2O. The number of halogens is 2. The summed E-state index contributed by atoms with van der Waals surface area (Å²) in [7, 11) is 0. The molecule has 94 valence electrons. The Hall–Kier alpha value is -1.32. The zero-order chi connectivity index (χ0) is 13.3. The van der Waals surface area contributed by atoms with Crippen molar-refractivity contribution in [2.45, 2.75) is 20.3 Å². The molecule has 0 saturated heterocycles. The number of aryl methyl sites for hydroxylation is 1. The van der Waals surface area contributed by atoms with Crippen LogP contribution in [0.5, 0.6) is 0 Å². The van der Waals surface area contributed by atoms with Crippen LogP contribution in [0.25, 0.3) is 11.3 Å². The van der Waals surface area contributed by atoms with E-state index < -0.39 is 0 Å². The van der Waals surface area contributed by atoms with E-state index in [1.165, 1.54) is 0 Å². The van der Waals surface area contributed by atoms with E-state index in [9.17, 15) is 4.79 Å². The number of hydrogen-bond acceptors (Lipinski definition) is 2. The summed E-state index contributed by atoms with van der Waals surface area (Å²) in [5.74, 6) is 0.650. The molecule has 5 heteroatoms. The Balaban J connectivity index is 2.69. The summed E-state index contributed by atoms with van der Waals surface area (Å²) >= 11 is 11.9. The molecule has 2 aromatic rings. The van der Waals surface area contributed by atoms with Crippen LogP contribution in [0.3, 0.4) is 0 Å². The maximum Gasteiger partial charge on any atom is 0.254 e. The summed E-state index contributed by atoms with van der Waals surface area (Å²) in [6, 6.07) is 5.15. The molecule has 0 radical (unpaired) electrons. The van der Waals surface area contributed by atoms with E-state index in [0.29, 0.717) is 33.5 Å². The number of nitrogens with one attached hydrogen (secondary N) is 1. The fraction of sp³-hybridized carbons (Fsp3) is 0.231. The Labute approximate surface area is 115 Å². The van der Waals surface area contributed by atoms with Gasteiger partial charge in [-0.3, -0.25) is 4.79 Å². The minimum absolute atomic E-state index is 0.132. The molecule has 0 spiro atoms. The highest BCUT2D eigenvalue weighted by Crippen LogP contribution is 2.26. The summed E-state index contributed by atoms with van der Waals surface area (Å²) in [4.78, 5) is 19.0. The first-order valence-corrected chi connectivity index (χ1v) is 6.33. The van der Waals surface area contributed by atoms with Gasteiger partial charge >= 0.3 is 0 Å². The van der Waals surface area contributed by atoms with E-state index in [2.05, 4.69) is 9.97 Å². The van der Waals surface area contributed by atoms with Crippen molar-refractivity contribution >= 4 is 23.2 Å². The van der Waals surface area contributed by atoms with Crippen LogP contribution in [0.4, 0.5) is 0 Å². The van der Waals surface area contributed by atoms with Crippen molar-refractivity contribution < 1.29 is 0 Å². The summed E-state index contributed by atoms with van der Waals surface area (Å²) in [5, 5.41) is 1.05. The van der Waals surface area contributed by atoms with Crippen molar-refractivity contribution in [1.29, 1.82) is 0 Å². The predicted molar refractivity (Wildman–Crippen MR) is 74.4 cm³/mol. The summed E-state index contributed by atoms with van der Waals surface area (Å²) in [5.41, 5.74) is 1.81.